The fourth-order valence-electron chi connectivity index (χ4n) is 2.44. The number of rotatable bonds is 2. The number of nitrogens with one attached hydrogen (secondary N) is 3. The van der Waals surface area contributed by atoms with Crippen LogP contribution >= 0.6 is 11.6 Å². The van der Waals surface area contributed by atoms with Crippen molar-refractivity contribution in [3.05, 3.63) is 16.9 Å². The molecule has 3 N–H and O–H groups in total. The first-order valence-corrected chi connectivity index (χ1v) is 8.14. The Balaban J connectivity index is 0.000000271. The zero-order valence-corrected chi connectivity index (χ0v) is 16.4. The summed E-state index contributed by atoms with van der Waals surface area (Å²) in [5.41, 5.74) is 1.83. The molecule has 0 saturated carbocycles. The zero-order valence-electron chi connectivity index (χ0n) is 15.6. The Morgan fingerprint density at radius 1 is 1.00 bits per heavy atom. The molecule has 2 heterocycles. The molecule has 0 fully saturated rings. The van der Waals surface area contributed by atoms with Crippen molar-refractivity contribution in [3.63, 3.8) is 0 Å². The second-order valence-corrected chi connectivity index (χ2v) is 7.25. The van der Waals surface area contributed by atoms with Crippen molar-refractivity contribution in [1.29, 1.82) is 0 Å². The molecule has 8 nitrogen and oxygen atoms in total. The number of carbonyl (C=O) groups is 2. The Bertz CT molecular complexity index is 666. The fourth-order valence-corrected chi connectivity index (χ4v) is 2.60. The van der Waals surface area contributed by atoms with Crippen LogP contribution in [0, 0.1) is 0 Å². The Kier molecular flexibility index (Phi) is 6.61. The molecule has 1 aliphatic heterocycles. The van der Waals surface area contributed by atoms with Crippen molar-refractivity contribution in [2.24, 2.45) is 0 Å². The lowest BCUT2D eigenvalue weighted by atomic mass is 9.99. The number of hydrogen-bond donors (Lipinski definition) is 3. The number of aromatic nitrogens is 3. The van der Waals surface area contributed by atoms with Gasteiger partial charge in [0.2, 0.25) is 29.0 Å². The summed E-state index contributed by atoms with van der Waals surface area (Å²) in [5.74, 6) is -0.699. The fraction of sp³-hybridized carbons (Fsp3) is 0.562. The van der Waals surface area contributed by atoms with Gasteiger partial charge in [-0.1, -0.05) is 11.6 Å². The molecule has 0 aromatic carbocycles. The highest BCUT2D eigenvalue weighted by Gasteiger charge is 2.33. The number of nitrogens with zero attached hydrogens (tertiary/aromatic N) is 3. The van der Waals surface area contributed by atoms with Gasteiger partial charge in [0.05, 0.1) is 0 Å². The average Bonchev–Trinajstić information content (AvgIpc) is 2.53. The van der Waals surface area contributed by atoms with Crippen LogP contribution in [0.25, 0.3) is 0 Å². The molecule has 0 unspecified atom stereocenters. The van der Waals surface area contributed by atoms with Crippen molar-refractivity contribution in [1.82, 2.24) is 20.3 Å². The molecule has 0 aliphatic carbocycles. The van der Waals surface area contributed by atoms with E-state index in [1.54, 1.807) is 0 Å². The Hall–Kier alpha value is -2.06. The molecule has 0 saturated heterocycles. The summed E-state index contributed by atoms with van der Waals surface area (Å²) < 4.78 is 0. The molecule has 2 amide bonds. The van der Waals surface area contributed by atoms with E-state index in [9.17, 15) is 9.59 Å². The van der Waals surface area contributed by atoms with Gasteiger partial charge in [-0.2, -0.15) is 15.0 Å². The van der Waals surface area contributed by atoms with E-state index in [2.05, 4.69) is 71.6 Å². The molecular formula is C16H25ClN6O2. The summed E-state index contributed by atoms with van der Waals surface area (Å²) in [6.45, 7) is 13.6. The van der Waals surface area contributed by atoms with Gasteiger partial charge in [-0.25, -0.2) is 0 Å². The van der Waals surface area contributed by atoms with Gasteiger partial charge in [0.25, 0.3) is 0 Å². The van der Waals surface area contributed by atoms with Crippen LogP contribution in [-0.4, -0.2) is 37.8 Å². The number of anilines is 2. The largest absolute Gasteiger partial charge is 0.300 e. The molecule has 0 atom stereocenters. The van der Waals surface area contributed by atoms with Gasteiger partial charge in [-0.05, 0) is 46.2 Å². The van der Waals surface area contributed by atoms with Gasteiger partial charge < -0.3 is 0 Å². The van der Waals surface area contributed by atoms with Gasteiger partial charge in [-0.3, -0.25) is 25.5 Å². The van der Waals surface area contributed by atoms with Crippen LogP contribution in [0.3, 0.4) is 0 Å². The van der Waals surface area contributed by atoms with Gasteiger partial charge in [-0.15, -0.1) is 0 Å². The molecule has 0 spiro atoms. The number of hydrogen-bond acceptors (Lipinski definition) is 6. The van der Waals surface area contributed by atoms with Crippen molar-refractivity contribution < 1.29 is 9.59 Å². The molecular weight excluding hydrogens is 344 g/mol. The predicted octanol–water partition coefficient (Wildman–Crippen LogP) is 2.53. The van der Waals surface area contributed by atoms with Crippen LogP contribution in [0.5, 0.6) is 0 Å². The lowest BCUT2D eigenvalue weighted by molar-refractivity contribution is -0.115. The number of carbonyl (C=O) groups excluding carboxylic acids is 2. The van der Waals surface area contributed by atoms with Crippen LogP contribution in [0.15, 0.2) is 11.6 Å². The Morgan fingerprint density at radius 2 is 1.44 bits per heavy atom. The van der Waals surface area contributed by atoms with Crippen molar-refractivity contribution in [2.45, 2.75) is 59.5 Å². The van der Waals surface area contributed by atoms with E-state index in [1.807, 2.05) is 0 Å². The Morgan fingerprint density at radius 3 is 1.68 bits per heavy atom. The van der Waals surface area contributed by atoms with Gasteiger partial charge in [0.15, 0.2) is 0 Å². The van der Waals surface area contributed by atoms with E-state index in [0.717, 1.165) is 0 Å². The van der Waals surface area contributed by atoms with Gasteiger partial charge in [0, 0.05) is 24.9 Å². The second-order valence-electron chi connectivity index (χ2n) is 6.91. The maximum Gasteiger partial charge on any atom is 0.235 e. The Labute approximate surface area is 152 Å². The van der Waals surface area contributed by atoms with E-state index in [1.165, 1.54) is 19.4 Å². The van der Waals surface area contributed by atoms with Crippen molar-refractivity contribution in [2.75, 3.05) is 10.6 Å². The number of halogens is 1. The van der Waals surface area contributed by atoms with Crippen LogP contribution in [0.4, 0.5) is 11.9 Å². The molecule has 1 aromatic heterocycles. The monoisotopic (exact) mass is 368 g/mol. The van der Waals surface area contributed by atoms with Crippen LogP contribution < -0.4 is 16.0 Å². The predicted molar refractivity (Wildman–Crippen MR) is 98.5 cm³/mol. The normalized spacial score (nSPS) is 17.0. The lowest BCUT2D eigenvalue weighted by Gasteiger charge is -2.27. The highest BCUT2D eigenvalue weighted by atomic mass is 35.5. The summed E-state index contributed by atoms with van der Waals surface area (Å²) in [7, 11) is 0. The lowest BCUT2D eigenvalue weighted by Crippen LogP contribution is -2.45. The minimum Gasteiger partial charge on any atom is -0.300 e. The number of amides is 2. The van der Waals surface area contributed by atoms with E-state index in [0.29, 0.717) is 0 Å². The minimum absolute atomic E-state index is 0.00810. The third-order valence-electron chi connectivity index (χ3n) is 3.38. The maximum absolute atomic E-state index is 10.7. The molecule has 2 rings (SSSR count). The zero-order chi connectivity index (χ0) is 19.4. The van der Waals surface area contributed by atoms with E-state index < -0.39 is 0 Å². The third kappa shape index (κ3) is 7.15. The molecule has 9 heteroatoms. The van der Waals surface area contributed by atoms with Crippen molar-refractivity contribution >= 4 is 35.3 Å². The average molecular weight is 369 g/mol. The van der Waals surface area contributed by atoms with Crippen LogP contribution in [0.2, 0.25) is 5.28 Å². The van der Waals surface area contributed by atoms with Crippen LogP contribution in [-0.2, 0) is 9.59 Å². The molecule has 0 radical (unpaired) electrons. The van der Waals surface area contributed by atoms with E-state index in [4.69, 9.17) is 11.6 Å². The van der Waals surface area contributed by atoms with E-state index >= 15 is 0 Å². The molecule has 25 heavy (non-hydrogen) atoms. The van der Waals surface area contributed by atoms with Gasteiger partial charge >= 0.3 is 0 Å². The standard InChI is InChI=1S/C9H17N.C7H8ClN5O2/c1-7-6-8(2,3)10-9(7,4)5;1-3(14)9-6-11-5(8)12-7(13-6)10-4(2)15/h6,10H,1-5H3;1-2H3,(H2,9,10,11,12,13,14,15). The van der Waals surface area contributed by atoms with Crippen molar-refractivity contribution in [3.8, 4) is 0 Å². The second kappa shape index (κ2) is 7.88. The van der Waals surface area contributed by atoms with Crippen LogP contribution in [0.1, 0.15) is 48.5 Å². The minimum atomic E-state index is -0.342. The third-order valence-corrected chi connectivity index (χ3v) is 3.55. The SMILES string of the molecule is CC(=O)Nc1nc(Cl)nc(NC(C)=O)n1.CC1=CC(C)(C)NC1(C)C. The first-order valence-electron chi connectivity index (χ1n) is 7.77. The molecule has 138 valence electrons. The maximum atomic E-state index is 10.7. The summed E-state index contributed by atoms with van der Waals surface area (Å²) in [6, 6.07) is 0. The summed E-state index contributed by atoms with van der Waals surface area (Å²) >= 11 is 5.55. The topological polar surface area (TPSA) is 109 Å². The molecule has 1 aromatic rings. The molecule has 1 aliphatic rings. The first-order chi connectivity index (χ1) is 11.3. The highest BCUT2D eigenvalue weighted by molar-refractivity contribution is 6.28. The summed E-state index contributed by atoms with van der Waals surface area (Å²) in [6.07, 6.45) is 2.30. The quantitative estimate of drug-likeness (QED) is 0.692. The smallest absolute Gasteiger partial charge is 0.235 e. The van der Waals surface area contributed by atoms with E-state index in [-0.39, 0.29) is 40.1 Å². The molecule has 0 bridgehead atoms. The summed E-state index contributed by atoms with van der Waals surface area (Å²) in [4.78, 5) is 32.5. The van der Waals surface area contributed by atoms with Gasteiger partial charge in [0.1, 0.15) is 0 Å². The highest BCUT2D eigenvalue weighted by Crippen LogP contribution is 2.28. The first kappa shape index (κ1) is 21.0. The summed E-state index contributed by atoms with van der Waals surface area (Å²) in [5, 5.41) is 8.06.